The van der Waals surface area contributed by atoms with Crippen molar-refractivity contribution in [3.05, 3.63) is 0 Å². The Kier molecular flexibility index (Phi) is 4.82. The first-order valence-electron chi connectivity index (χ1n) is 7.01. The second-order valence-corrected chi connectivity index (χ2v) is 5.50. The first-order valence-corrected chi connectivity index (χ1v) is 7.01. The molecule has 2 heterocycles. The van der Waals surface area contributed by atoms with Crippen LogP contribution in [0.1, 0.15) is 26.2 Å². The highest BCUT2D eigenvalue weighted by Crippen LogP contribution is 2.30. The van der Waals surface area contributed by atoms with Crippen molar-refractivity contribution in [1.82, 2.24) is 10.6 Å². The first kappa shape index (κ1) is 15.1. The lowest BCUT2D eigenvalue weighted by atomic mass is 9.80. The van der Waals surface area contributed by atoms with Crippen molar-refractivity contribution < 1.29 is 24.2 Å². The zero-order valence-electron chi connectivity index (χ0n) is 11.7. The fourth-order valence-electron chi connectivity index (χ4n) is 2.62. The number of hydrogen-bond acceptors (Lipinski definition) is 4. The molecule has 0 spiro atoms. The quantitative estimate of drug-likeness (QED) is 0.692. The average Bonchev–Trinajstić information content (AvgIpc) is 2.83. The fourth-order valence-corrected chi connectivity index (χ4v) is 2.62. The Bertz CT molecular complexity index is 368. The predicted molar refractivity (Wildman–Crippen MR) is 70.5 cm³/mol. The van der Waals surface area contributed by atoms with Gasteiger partial charge in [-0.3, -0.25) is 4.79 Å². The van der Waals surface area contributed by atoms with Gasteiger partial charge in [0.15, 0.2) is 0 Å². The molecule has 7 heteroatoms. The Morgan fingerprint density at radius 2 is 2.00 bits per heavy atom. The summed E-state index contributed by atoms with van der Waals surface area (Å²) in [7, 11) is 0. The van der Waals surface area contributed by atoms with E-state index in [9.17, 15) is 14.7 Å². The maximum Gasteiger partial charge on any atom is 0.315 e. The van der Waals surface area contributed by atoms with Crippen molar-refractivity contribution in [2.45, 2.75) is 38.3 Å². The van der Waals surface area contributed by atoms with Crippen LogP contribution in [0, 0.1) is 5.41 Å². The third kappa shape index (κ3) is 3.40. The summed E-state index contributed by atoms with van der Waals surface area (Å²) in [5.74, 6) is -0.876. The van der Waals surface area contributed by atoms with E-state index in [4.69, 9.17) is 9.47 Å². The third-order valence-corrected chi connectivity index (χ3v) is 4.18. The highest BCUT2D eigenvalue weighted by atomic mass is 16.5. The largest absolute Gasteiger partial charge is 0.481 e. The Morgan fingerprint density at radius 1 is 1.30 bits per heavy atom. The van der Waals surface area contributed by atoms with Crippen LogP contribution in [-0.4, -0.2) is 55.6 Å². The second-order valence-electron chi connectivity index (χ2n) is 5.50. The Morgan fingerprint density at radius 3 is 2.55 bits per heavy atom. The van der Waals surface area contributed by atoms with Crippen molar-refractivity contribution in [1.29, 1.82) is 0 Å². The van der Waals surface area contributed by atoms with Crippen LogP contribution < -0.4 is 10.6 Å². The van der Waals surface area contributed by atoms with Crippen molar-refractivity contribution >= 4 is 12.0 Å². The smallest absolute Gasteiger partial charge is 0.315 e. The van der Waals surface area contributed by atoms with Gasteiger partial charge in [0.2, 0.25) is 0 Å². The number of aliphatic carboxylic acids is 1. The Labute approximate surface area is 118 Å². The van der Waals surface area contributed by atoms with Crippen LogP contribution in [0.25, 0.3) is 0 Å². The van der Waals surface area contributed by atoms with Gasteiger partial charge in [-0.25, -0.2) is 4.79 Å². The molecule has 0 aliphatic carbocycles. The normalized spacial score (nSPS) is 28.9. The van der Waals surface area contributed by atoms with E-state index in [0.29, 0.717) is 32.7 Å². The summed E-state index contributed by atoms with van der Waals surface area (Å²) in [5, 5.41) is 14.9. The van der Waals surface area contributed by atoms with E-state index in [-0.39, 0.29) is 24.7 Å². The SMILES string of the molecule is CC1OCCC1NC(=O)NCC1(C(=O)O)CCOCC1. The molecular weight excluding hydrogens is 264 g/mol. The minimum atomic E-state index is -0.909. The number of nitrogens with one attached hydrogen (secondary N) is 2. The van der Waals surface area contributed by atoms with Crippen LogP contribution in [-0.2, 0) is 14.3 Å². The highest BCUT2D eigenvalue weighted by Gasteiger charge is 2.40. The summed E-state index contributed by atoms with van der Waals surface area (Å²) < 4.78 is 10.6. The van der Waals surface area contributed by atoms with Crippen molar-refractivity contribution in [3.8, 4) is 0 Å². The van der Waals surface area contributed by atoms with Crippen molar-refractivity contribution in [3.63, 3.8) is 0 Å². The van der Waals surface area contributed by atoms with E-state index in [1.807, 2.05) is 6.92 Å². The standard InChI is InChI=1S/C13H22N2O5/c1-9-10(2-5-20-9)15-12(18)14-8-13(11(16)17)3-6-19-7-4-13/h9-10H,2-8H2,1H3,(H,16,17)(H2,14,15,18). The van der Waals surface area contributed by atoms with Gasteiger partial charge in [-0.05, 0) is 26.2 Å². The third-order valence-electron chi connectivity index (χ3n) is 4.18. The maximum atomic E-state index is 11.9. The summed E-state index contributed by atoms with van der Waals surface area (Å²) in [6, 6.07) is -0.343. The molecular formula is C13H22N2O5. The van der Waals surface area contributed by atoms with Crippen LogP contribution in [0.4, 0.5) is 4.79 Å². The lowest BCUT2D eigenvalue weighted by Gasteiger charge is -2.33. The fraction of sp³-hybridized carbons (Fsp3) is 0.846. The maximum absolute atomic E-state index is 11.9. The van der Waals surface area contributed by atoms with Gasteiger partial charge in [0.1, 0.15) is 0 Å². The monoisotopic (exact) mass is 286 g/mol. The highest BCUT2D eigenvalue weighted by molar-refractivity contribution is 5.78. The van der Waals surface area contributed by atoms with Gasteiger partial charge < -0.3 is 25.2 Å². The first-order chi connectivity index (χ1) is 9.53. The number of carbonyl (C=O) groups excluding carboxylic acids is 1. The molecule has 0 radical (unpaired) electrons. The van der Waals surface area contributed by atoms with E-state index in [2.05, 4.69) is 10.6 Å². The molecule has 2 aliphatic heterocycles. The summed E-state index contributed by atoms with van der Waals surface area (Å²) in [6.07, 6.45) is 1.63. The lowest BCUT2D eigenvalue weighted by molar-refractivity contribution is -0.154. The second kappa shape index (κ2) is 6.41. The zero-order valence-corrected chi connectivity index (χ0v) is 11.7. The van der Waals surface area contributed by atoms with Gasteiger partial charge in [0, 0.05) is 26.4 Å². The van der Waals surface area contributed by atoms with Gasteiger partial charge in [-0.2, -0.15) is 0 Å². The molecule has 2 atom stereocenters. The van der Waals surface area contributed by atoms with E-state index >= 15 is 0 Å². The number of ether oxygens (including phenoxy) is 2. The molecule has 20 heavy (non-hydrogen) atoms. The van der Waals surface area contributed by atoms with Crippen molar-refractivity contribution in [2.75, 3.05) is 26.4 Å². The van der Waals surface area contributed by atoms with E-state index in [0.717, 1.165) is 6.42 Å². The number of carboxylic acid groups (broad SMARTS) is 1. The minimum Gasteiger partial charge on any atom is -0.481 e. The molecule has 0 aromatic carbocycles. The average molecular weight is 286 g/mol. The van der Waals surface area contributed by atoms with Gasteiger partial charge in [0.05, 0.1) is 17.6 Å². The van der Waals surface area contributed by atoms with Crippen molar-refractivity contribution in [2.24, 2.45) is 5.41 Å². The van der Waals surface area contributed by atoms with Crippen LogP contribution >= 0.6 is 0 Å². The van der Waals surface area contributed by atoms with Crippen LogP contribution in [0.5, 0.6) is 0 Å². The number of carboxylic acids is 1. The number of urea groups is 1. The van der Waals surface area contributed by atoms with E-state index in [1.165, 1.54) is 0 Å². The number of carbonyl (C=O) groups is 2. The summed E-state index contributed by atoms with van der Waals surface area (Å²) in [4.78, 5) is 23.3. The molecule has 3 N–H and O–H groups in total. The Balaban J connectivity index is 1.83. The summed E-state index contributed by atoms with van der Waals surface area (Å²) in [6.45, 7) is 3.52. The molecule has 0 bridgehead atoms. The lowest BCUT2D eigenvalue weighted by Crippen LogP contribution is -2.51. The van der Waals surface area contributed by atoms with E-state index < -0.39 is 11.4 Å². The topological polar surface area (TPSA) is 96.9 Å². The molecule has 2 saturated heterocycles. The summed E-state index contributed by atoms with van der Waals surface area (Å²) >= 11 is 0. The molecule has 0 saturated carbocycles. The van der Waals surface area contributed by atoms with E-state index in [1.54, 1.807) is 0 Å². The van der Waals surface area contributed by atoms with Crippen LogP contribution in [0.2, 0.25) is 0 Å². The van der Waals surface area contributed by atoms with Crippen LogP contribution in [0.15, 0.2) is 0 Å². The molecule has 2 unspecified atom stereocenters. The molecule has 2 aliphatic rings. The van der Waals surface area contributed by atoms with Gasteiger partial charge >= 0.3 is 12.0 Å². The van der Waals surface area contributed by atoms with Gasteiger partial charge in [0.25, 0.3) is 0 Å². The van der Waals surface area contributed by atoms with Gasteiger partial charge in [-0.1, -0.05) is 0 Å². The molecule has 2 amide bonds. The predicted octanol–water partition coefficient (Wildman–Crippen LogP) is 0.344. The molecule has 0 aromatic rings. The summed E-state index contributed by atoms with van der Waals surface area (Å²) in [5.41, 5.74) is -0.909. The molecule has 7 nitrogen and oxygen atoms in total. The number of amides is 2. The molecule has 2 rings (SSSR count). The minimum absolute atomic E-state index is 0.00253. The zero-order chi connectivity index (χ0) is 14.6. The number of rotatable bonds is 4. The molecule has 114 valence electrons. The Hall–Kier alpha value is -1.34. The molecule has 0 aromatic heterocycles. The van der Waals surface area contributed by atoms with Crippen LogP contribution in [0.3, 0.4) is 0 Å². The van der Waals surface area contributed by atoms with Gasteiger partial charge in [-0.15, -0.1) is 0 Å². The number of hydrogen-bond donors (Lipinski definition) is 3. The molecule has 2 fully saturated rings.